The maximum atomic E-state index is 6.38. The molecular weight excluding hydrogens is 212 g/mol. The molecule has 3 heteroatoms. The van der Waals surface area contributed by atoms with E-state index >= 15 is 0 Å². The second-order valence-corrected chi connectivity index (χ2v) is 6.09. The fourth-order valence-corrected chi connectivity index (χ4v) is 2.97. The molecule has 1 saturated heterocycles. The van der Waals surface area contributed by atoms with Crippen molar-refractivity contribution in [3.8, 4) is 0 Å². The summed E-state index contributed by atoms with van der Waals surface area (Å²) in [6, 6.07) is 3.96. The number of hydrogen-bond acceptors (Lipinski definition) is 3. The van der Waals surface area contributed by atoms with Crippen molar-refractivity contribution in [3.05, 3.63) is 30.1 Å². The molecule has 0 saturated carbocycles. The minimum Gasteiger partial charge on any atom is -0.369 e. The molecule has 2 rings (SSSR count). The highest BCUT2D eigenvalue weighted by molar-refractivity contribution is 5.17. The second-order valence-electron chi connectivity index (χ2n) is 6.09. The molecule has 2 N–H and O–H groups in total. The van der Waals surface area contributed by atoms with Crippen molar-refractivity contribution in [3.63, 3.8) is 0 Å². The predicted molar refractivity (Wildman–Crippen MR) is 68.5 cm³/mol. The first-order chi connectivity index (χ1) is 7.82. The third kappa shape index (κ3) is 2.50. The molecule has 1 aliphatic rings. The molecule has 0 aliphatic carbocycles. The zero-order chi connectivity index (χ0) is 12.7. The van der Waals surface area contributed by atoms with E-state index in [0.717, 1.165) is 12.0 Å². The molecular formula is C14H22N2O. The normalized spacial score (nSPS) is 27.9. The van der Waals surface area contributed by atoms with Gasteiger partial charge in [0.25, 0.3) is 0 Å². The Hall–Kier alpha value is -0.930. The molecule has 94 valence electrons. The van der Waals surface area contributed by atoms with Crippen molar-refractivity contribution >= 4 is 0 Å². The van der Waals surface area contributed by atoms with Gasteiger partial charge >= 0.3 is 0 Å². The second kappa shape index (κ2) is 4.07. The van der Waals surface area contributed by atoms with Gasteiger partial charge in [-0.2, -0.15) is 0 Å². The van der Waals surface area contributed by atoms with Crippen molar-refractivity contribution in [2.24, 2.45) is 11.7 Å². The van der Waals surface area contributed by atoms with Crippen LogP contribution in [0, 0.1) is 5.92 Å². The van der Waals surface area contributed by atoms with Crippen LogP contribution in [0.3, 0.4) is 0 Å². The molecule has 2 unspecified atom stereocenters. The zero-order valence-electron chi connectivity index (χ0n) is 11.1. The highest BCUT2D eigenvalue weighted by Gasteiger charge is 2.48. The van der Waals surface area contributed by atoms with Gasteiger partial charge in [0.15, 0.2) is 0 Å². The fourth-order valence-electron chi connectivity index (χ4n) is 2.97. The van der Waals surface area contributed by atoms with Gasteiger partial charge in [-0.25, -0.2) is 0 Å². The molecule has 0 aromatic carbocycles. The third-order valence-electron chi connectivity index (χ3n) is 3.65. The van der Waals surface area contributed by atoms with E-state index in [1.807, 2.05) is 18.3 Å². The molecule has 1 fully saturated rings. The molecule has 0 bridgehead atoms. The van der Waals surface area contributed by atoms with Gasteiger partial charge in [0.2, 0.25) is 0 Å². The van der Waals surface area contributed by atoms with Crippen LogP contribution in [-0.4, -0.2) is 16.2 Å². The quantitative estimate of drug-likeness (QED) is 0.855. The summed E-state index contributed by atoms with van der Waals surface area (Å²) in [7, 11) is 0. The maximum absolute atomic E-state index is 6.38. The van der Waals surface area contributed by atoms with Crippen LogP contribution in [0.1, 0.15) is 45.7 Å². The molecule has 0 radical (unpaired) electrons. The lowest BCUT2D eigenvalue weighted by molar-refractivity contribution is -0.0767. The highest BCUT2D eigenvalue weighted by atomic mass is 16.5. The lowest BCUT2D eigenvalue weighted by atomic mass is 9.80. The Morgan fingerprint density at radius 1 is 1.41 bits per heavy atom. The molecule has 3 nitrogen and oxygen atoms in total. The zero-order valence-corrected chi connectivity index (χ0v) is 11.1. The molecule has 0 spiro atoms. The molecule has 1 aliphatic heterocycles. The van der Waals surface area contributed by atoms with Gasteiger partial charge in [-0.1, -0.05) is 6.07 Å². The first-order valence-corrected chi connectivity index (χ1v) is 6.17. The SMILES string of the molecule is CC1(C)CC(C(N)c2cccnc2)C(C)(C)O1. The average molecular weight is 234 g/mol. The first kappa shape index (κ1) is 12.5. The third-order valence-corrected chi connectivity index (χ3v) is 3.65. The number of rotatable bonds is 2. The maximum Gasteiger partial charge on any atom is 0.0680 e. The van der Waals surface area contributed by atoms with E-state index in [-0.39, 0.29) is 17.2 Å². The van der Waals surface area contributed by atoms with E-state index in [1.165, 1.54) is 0 Å². The summed E-state index contributed by atoms with van der Waals surface area (Å²) in [6.07, 6.45) is 4.61. The number of ether oxygens (including phenoxy) is 1. The monoisotopic (exact) mass is 234 g/mol. The lowest BCUT2D eigenvalue weighted by Crippen LogP contribution is -2.35. The van der Waals surface area contributed by atoms with E-state index < -0.39 is 0 Å². The predicted octanol–water partition coefficient (Wildman–Crippen LogP) is 2.68. The Morgan fingerprint density at radius 2 is 2.12 bits per heavy atom. The molecule has 2 heterocycles. The summed E-state index contributed by atoms with van der Waals surface area (Å²) in [5, 5.41) is 0. The van der Waals surface area contributed by atoms with Crippen LogP contribution in [0.5, 0.6) is 0 Å². The van der Waals surface area contributed by atoms with Gasteiger partial charge < -0.3 is 10.5 Å². The molecule has 0 amide bonds. The minimum absolute atomic E-state index is 0.0134. The van der Waals surface area contributed by atoms with Crippen molar-refractivity contribution in [2.45, 2.75) is 51.4 Å². The van der Waals surface area contributed by atoms with Gasteiger partial charge in [0, 0.05) is 24.4 Å². The number of pyridine rings is 1. The van der Waals surface area contributed by atoms with Crippen molar-refractivity contribution in [2.75, 3.05) is 0 Å². The Kier molecular flexibility index (Phi) is 3.00. The van der Waals surface area contributed by atoms with Crippen LogP contribution in [0.4, 0.5) is 0 Å². The lowest BCUT2D eigenvalue weighted by Gasteiger charge is -2.31. The Labute approximate surface area is 103 Å². The largest absolute Gasteiger partial charge is 0.369 e. The topological polar surface area (TPSA) is 48.1 Å². The van der Waals surface area contributed by atoms with Crippen LogP contribution in [0.25, 0.3) is 0 Å². The summed E-state index contributed by atoms with van der Waals surface area (Å²) in [5.74, 6) is 0.321. The van der Waals surface area contributed by atoms with Crippen LogP contribution in [-0.2, 0) is 4.74 Å². The van der Waals surface area contributed by atoms with Crippen LogP contribution in [0.15, 0.2) is 24.5 Å². The number of hydrogen-bond donors (Lipinski definition) is 1. The minimum atomic E-state index is -0.182. The number of nitrogens with two attached hydrogens (primary N) is 1. The van der Waals surface area contributed by atoms with Gasteiger partial charge in [0.05, 0.1) is 11.2 Å². The number of aromatic nitrogens is 1. The molecule has 1 aromatic heterocycles. The standard InChI is InChI=1S/C14H22N2O/c1-13(2)8-11(14(3,4)17-13)12(15)10-6-5-7-16-9-10/h5-7,9,11-12H,8,15H2,1-4H3. The van der Waals surface area contributed by atoms with E-state index in [1.54, 1.807) is 6.20 Å². The summed E-state index contributed by atoms with van der Waals surface area (Å²) in [5.41, 5.74) is 7.20. The summed E-state index contributed by atoms with van der Waals surface area (Å²) in [6.45, 7) is 8.51. The smallest absolute Gasteiger partial charge is 0.0680 e. The van der Waals surface area contributed by atoms with E-state index in [9.17, 15) is 0 Å². The molecule has 1 aromatic rings. The first-order valence-electron chi connectivity index (χ1n) is 6.17. The molecule has 2 atom stereocenters. The van der Waals surface area contributed by atoms with Crippen LogP contribution in [0.2, 0.25) is 0 Å². The van der Waals surface area contributed by atoms with Crippen molar-refractivity contribution in [1.82, 2.24) is 4.98 Å². The van der Waals surface area contributed by atoms with E-state index in [0.29, 0.717) is 5.92 Å². The van der Waals surface area contributed by atoms with Crippen molar-refractivity contribution in [1.29, 1.82) is 0 Å². The van der Waals surface area contributed by atoms with E-state index in [2.05, 4.69) is 32.7 Å². The van der Waals surface area contributed by atoms with Gasteiger partial charge in [-0.05, 0) is 45.7 Å². The van der Waals surface area contributed by atoms with Crippen molar-refractivity contribution < 1.29 is 4.74 Å². The molecule has 17 heavy (non-hydrogen) atoms. The summed E-state index contributed by atoms with van der Waals surface area (Å²) >= 11 is 0. The summed E-state index contributed by atoms with van der Waals surface area (Å²) < 4.78 is 6.09. The Morgan fingerprint density at radius 3 is 2.59 bits per heavy atom. The van der Waals surface area contributed by atoms with E-state index in [4.69, 9.17) is 10.5 Å². The fraction of sp³-hybridized carbons (Fsp3) is 0.643. The van der Waals surface area contributed by atoms with Crippen LogP contribution >= 0.6 is 0 Å². The van der Waals surface area contributed by atoms with Gasteiger partial charge in [0.1, 0.15) is 0 Å². The van der Waals surface area contributed by atoms with Crippen LogP contribution < -0.4 is 5.73 Å². The van der Waals surface area contributed by atoms with Gasteiger partial charge in [-0.15, -0.1) is 0 Å². The average Bonchev–Trinajstić information content (AvgIpc) is 2.47. The Balaban J connectivity index is 2.23. The summed E-state index contributed by atoms with van der Waals surface area (Å²) in [4.78, 5) is 4.14. The number of nitrogens with zero attached hydrogens (tertiary/aromatic N) is 1. The van der Waals surface area contributed by atoms with Gasteiger partial charge in [-0.3, -0.25) is 4.98 Å². The highest BCUT2D eigenvalue weighted by Crippen LogP contribution is 2.46. The Bertz CT molecular complexity index is 386.